The van der Waals surface area contributed by atoms with Crippen LogP contribution < -0.4 is 0 Å². The van der Waals surface area contributed by atoms with Crippen LogP contribution in [0.4, 0.5) is 0 Å². The summed E-state index contributed by atoms with van der Waals surface area (Å²) in [6.07, 6.45) is 7.17. The van der Waals surface area contributed by atoms with Crippen molar-refractivity contribution >= 4 is 53.3 Å². The van der Waals surface area contributed by atoms with Crippen molar-refractivity contribution < 1.29 is 58.4 Å². The summed E-state index contributed by atoms with van der Waals surface area (Å²) >= 11 is -2.81. The van der Waals surface area contributed by atoms with E-state index in [1.54, 1.807) is 6.92 Å². The van der Waals surface area contributed by atoms with Gasteiger partial charge in [0.15, 0.2) is 0 Å². The van der Waals surface area contributed by atoms with Crippen molar-refractivity contribution in [2.24, 2.45) is 0 Å². The molecule has 0 spiro atoms. The lowest BCUT2D eigenvalue weighted by Crippen LogP contribution is -2.40. The lowest BCUT2D eigenvalue weighted by molar-refractivity contribution is -0.155. The Hall–Kier alpha value is -1.62. The summed E-state index contributed by atoms with van der Waals surface area (Å²) < 4.78 is 41.8. The fourth-order valence-electron chi connectivity index (χ4n) is 3.16. The molecular formula is C34H64Al2O13. The maximum atomic E-state index is 11.1. The molecule has 0 aromatic rings. The highest BCUT2D eigenvalue weighted by molar-refractivity contribution is 6.43. The number of unbranched alkanes of at least 4 members (excludes halogenated alkanes) is 3. The predicted octanol–water partition coefficient (Wildman–Crippen LogP) is 5.54. The molecule has 1 heterocycles. The highest BCUT2D eigenvalue weighted by Gasteiger charge is 2.32. The van der Waals surface area contributed by atoms with E-state index < -0.39 is 47.5 Å². The van der Waals surface area contributed by atoms with E-state index in [1.165, 1.54) is 26.7 Å². The monoisotopic (exact) mass is 734 g/mol. The van der Waals surface area contributed by atoms with Gasteiger partial charge in [-0.05, 0) is 47.0 Å². The fourth-order valence-corrected chi connectivity index (χ4v) is 5.70. The van der Waals surface area contributed by atoms with Gasteiger partial charge in [-0.2, -0.15) is 0 Å². The van der Waals surface area contributed by atoms with Crippen molar-refractivity contribution in [1.82, 2.24) is 0 Å². The molecule has 0 bridgehead atoms. The second-order valence-electron chi connectivity index (χ2n) is 11.2. The number of ketones is 1. The molecule has 0 aromatic heterocycles. The summed E-state index contributed by atoms with van der Waals surface area (Å²) in [6, 6.07) is 0. The number of ether oxygens (including phenoxy) is 4. The molecule has 1 aliphatic rings. The van der Waals surface area contributed by atoms with Crippen molar-refractivity contribution in [3.8, 4) is 0 Å². The lowest BCUT2D eigenvalue weighted by atomic mass is 10.3. The van der Waals surface area contributed by atoms with E-state index in [2.05, 4.69) is 49.2 Å². The maximum Gasteiger partial charge on any atom is 0.673 e. The van der Waals surface area contributed by atoms with E-state index in [-0.39, 0.29) is 50.0 Å². The van der Waals surface area contributed by atoms with Crippen LogP contribution in [-0.4, -0.2) is 117 Å². The van der Waals surface area contributed by atoms with Crippen molar-refractivity contribution in [3.63, 3.8) is 0 Å². The van der Waals surface area contributed by atoms with Crippen LogP contribution in [-0.2, 0) is 53.3 Å². The standard InChI is InChI=1S/C10H16O5.C10H14O5.C4H10O.2C4H9O.2CH3.2Al/c2*1-7(2)10(13)15-5-4-14-9(12)6-8(3)11;3*1-2-3-4-5;;;;/h8-9H,1,4-6H2,2-3H3;1,4-6H2,2-3H3;5H,2-4H2,1H3;2*2-4H2,1H3;2*1H3;;/q-2;;;2*-1;;;2*+2. The topological polar surface area (TPSA) is 162 Å². The van der Waals surface area contributed by atoms with Crippen LogP contribution >= 0.6 is 0 Å². The zero-order valence-corrected chi connectivity index (χ0v) is 34.0. The molecule has 1 rings (SSSR count). The molecule has 1 fully saturated rings. The first-order valence-electron chi connectivity index (χ1n) is 17.2. The van der Waals surface area contributed by atoms with Gasteiger partial charge in [-0.1, -0.05) is 64.8 Å². The Labute approximate surface area is 305 Å². The zero-order chi connectivity index (χ0) is 38.0. The Morgan fingerprint density at radius 1 is 0.776 bits per heavy atom. The van der Waals surface area contributed by atoms with Gasteiger partial charge >= 0.3 is 47.5 Å². The van der Waals surface area contributed by atoms with Crippen LogP contribution in [0.3, 0.4) is 0 Å². The summed E-state index contributed by atoms with van der Waals surface area (Å²) in [5.41, 5.74) is 0.673. The van der Waals surface area contributed by atoms with Crippen LogP contribution in [0.1, 0.15) is 99.8 Å². The molecule has 49 heavy (non-hydrogen) atoms. The normalized spacial score (nSPS) is 14.7. The van der Waals surface area contributed by atoms with Crippen LogP contribution in [0.5, 0.6) is 0 Å². The molecule has 0 amide bonds. The summed E-state index contributed by atoms with van der Waals surface area (Å²) in [6.45, 7) is 22.3. The van der Waals surface area contributed by atoms with E-state index in [9.17, 15) is 19.2 Å². The smallest absolute Gasteiger partial charge is 0.478 e. The number of carbonyl (C=O) groups excluding carboxylic acids is 4. The van der Waals surface area contributed by atoms with Crippen molar-refractivity contribution in [3.05, 3.63) is 24.3 Å². The van der Waals surface area contributed by atoms with E-state index in [4.69, 9.17) is 29.7 Å². The van der Waals surface area contributed by atoms with Gasteiger partial charge in [0.05, 0.1) is 6.61 Å². The number of carbonyl (C=O) groups is 4. The number of hydrogen-bond acceptors (Lipinski definition) is 13. The van der Waals surface area contributed by atoms with E-state index in [0.29, 0.717) is 25.2 Å². The number of aliphatic hydroxyl groups excluding tert-OH is 1. The minimum atomic E-state index is -1.54. The molecule has 0 aliphatic carbocycles. The Bertz CT molecular complexity index is 879. The largest absolute Gasteiger partial charge is 0.673 e. The summed E-state index contributed by atoms with van der Waals surface area (Å²) in [4.78, 5) is 43.2. The van der Waals surface area contributed by atoms with Gasteiger partial charge in [0.25, 0.3) is 0 Å². The molecule has 0 aromatic carbocycles. The van der Waals surface area contributed by atoms with Crippen LogP contribution in [0.2, 0.25) is 11.6 Å². The molecule has 13 nitrogen and oxygen atoms in total. The summed E-state index contributed by atoms with van der Waals surface area (Å²) in [7, 11) is 0. The second kappa shape index (κ2) is 36.2. The molecule has 0 saturated carbocycles. The van der Waals surface area contributed by atoms with Gasteiger partial charge in [0.2, 0.25) is 0 Å². The molecule has 0 radical (unpaired) electrons. The highest BCUT2D eigenvalue weighted by atomic mass is 27.2. The van der Waals surface area contributed by atoms with Crippen LogP contribution in [0.15, 0.2) is 24.3 Å². The maximum absolute atomic E-state index is 11.1. The van der Waals surface area contributed by atoms with Gasteiger partial charge in [0, 0.05) is 43.5 Å². The second-order valence-corrected chi connectivity index (χ2v) is 14.7. The third-order valence-electron chi connectivity index (χ3n) is 5.79. The van der Waals surface area contributed by atoms with Gasteiger partial charge in [-0.15, -0.1) is 0 Å². The molecule has 2 unspecified atom stereocenters. The quantitative estimate of drug-likeness (QED) is 0.0391. The Morgan fingerprint density at radius 3 is 1.63 bits per heavy atom. The lowest BCUT2D eigenvalue weighted by Gasteiger charge is -2.31. The minimum Gasteiger partial charge on any atom is -0.478 e. The minimum absolute atomic E-state index is 0.0324. The summed E-state index contributed by atoms with van der Waals surface area (Å²) in [5, 5.41) is 8.07. The van der Waals surface area contributed by atoms with Gasteiger partial charge in [-0.25, -0.2) is 9.59 Å². The Balaban J connectivity index is -0.000000612. The van der Waals surface area contributed by atoms with Crippen molar-refractivity contribution in [1.29, 1.82) is 0 Å². The number of hydrogen-bond donors (Lipinski definition) is 1. The van der Waals surface area contributed by atoms with E-state index >= 15 is 0 Å². The average molecular weight is 735 g/mol. The SMILES string of the molecule is C=C(C)C(=O)OCCOC(=O)CC(C)=O.C=C(C)C(=O)OCCOC1CC(C)[O][Al]([CH3])[O]1.CCCCO.CCCC[O][Al]([CH3])[O]CCCC. The third kappa shape index (κ3) is 39.0. The van der Waals surface area contributed by atoms with E-state index in [0.717, 1.165) is 38.9 Å². The average Bonchev–Trinajstić information content (AvgIpc) is 3.02. The van der Waals surface area contributed by atoms with Crippen LogP contribution in [0, 0.1) is 0 Å². The molecule has 15 heteroatoms. The molecule has 1 aliphatic heterocycles. The Kier molecular flexibility index (Phi) is 38.2. The number of rotatable bonds is 21. The first kappa shape index (κ1) is 51.8. The van der Waals surface area contributed by atoms with Crippen molar-refractivity contribution in [2.45, 2.75) is 124 Å². The van der Waals surface area contributed by atoms with Crippen LogP contribution in [0.25, 0.3) is 0 Å². The molecule has 1 saturated heterocycles. The number of aliphatic hydroxyl groups is 1. The van der Waals surface area contributed by atoms with Gasteiger partial charge < -0.3 is 39.2 Å². The highest BCUT2D eigenvalue weighted by Crippen LogP contribution is 2.16. The fraction of sp³-hybridized carbons (Fsp3) is 0.765. The van der Waals surface area contributed by atoms with Crippen molar-refractivity contribution in [2.75, 3.05) is 46.2 Å². The van der Waals surface area contributed by atoms with Gasteiger partial charge in [0.1, 0.15) is 38.3 Å². The number of esters is 3. The Morgan fingerprint density at radius 2 is 1.24 bits per heavy atom. The predicted molar refractivity (Wildman–Crippen MR) is 191 cm³/mol. The summed E-state index contributed by atoms with van der Waals surface area (Å²) in [5.74, 6) is 2.27. The molecular weight excluding hydrogens is 670 g/mol. The zero-order valence-electron chi connectivity index (χ0n) is 31.7. The first-order chi connectivity index (χ1) is 23.1. The first-order valence-corrected chi connectivity index (χ1v) is 21.4. The molecule has 1 N–H and O–H groups in total. The molecule has 284 valence electrons. The number of Topliss-reactive ketones (excluding diaryl/α,β-unsaturated/α-hetero) is 1. The van der Waals surface area contributed by atoms with Gasteiger partial charge in [-0.3, -0.25) is 9.59 Å². The molecule has 2 atom stereocenters. The van der Waals surface area contributed by atoms with E-state index in [1.807, 2.05) is 12.7 Å². The third-order valence-corrected chi connectivity index (χ3v) is 8.74.